The average Bonchev–Trinajstić information content (AvgIpc) is 2.49. The molecule has 0 saturated carbocycles. The average molecular weight is 315 g/mol. The van der Waals surface area contributed by atoms with Crippen molar-refractivity contribution < 1.29 is 9.18 Å². The van der Waals surface area contributed by atoms with E-state index in [4.69, 9.17) is 0 Å². The zero-order valence-electron chi connectivity index (χ0n) is 13.7. The fourth-order valence-electron chi connectivity index (χ4n) is 2.23. The number of anilines is 1. The molecule has 2 amide bonds. The van der Waals surface area contributed by atoms with Crippen LogP contribution in [0.5, 0.6) is 0 Å². The molecule has 2 rings (SSSR count). The summed E-state index contributed by atoms with van der Waals surface area (Å²) in [6.45, 7) is 2.95. The lowest BCUT2D eigenvalue weighted by atomic mass is 10.1. The Balaban J connectivity index is 1.90. The largest absolute Gasteiger partial charge is 0.334 e. The molecule has 0 bridgehead atoms. The smallest absolute Gasteiger partial charge is 0.319 e. The van der Waals surface area contributed by atoms with Crippen molar-refractivity contribution in [2.75, 3.05) is 19.4 Å². The van der Waals surface area contributed by atoms with Crippen molar-refractivity contribution >= 4 is 11.7 Å². The molecule has 0 atom stereocenters. The number of carbonyl (C=O) groups is 1. The molecule has 0 fully saturated rings. The molecular weight excluding hydrogens is 293 g/mol. The number of carbonyl (C=O) groups excluding carboxylic acids is 1. The van der Waals surface area contributed by atoms with Crippen LogP contribution in [0.2, 0.25) is 0 Å². The Hall–Kier alpha value is -2.40. The minimum Gasteiger partial charge on any atom is -0.334 e. The van der Waals surface area contributed by atoms with Crippen molar-refractivity contribution in [2.45, 2.75) is 20.0 Å². The van der Waals surface area contributed by atoms with Gasteiger partial charge in [0.05, 0.1) is 0 Å². The van der Waals surface area contributed by atoms with E-state index in [0.29, 0.717) is 17.8 Å². The van der Waals surface area contributed by atoms with Gasteiger partial charge in [0, 0.05) is 18.8 Å². The summed E-state index contributed by atoms with van der Waals surface area (Å²) in [5.74, 6) is -0.334. The normalized spacial score (nSPS) is 10.7. The molecular formula is C18H22FN3O. The summed E-state index contributed by atoms with van der Waals surface area (Å²) in [6.07, 6.45) is 0. The number of benzene rings is 2. The van der Waals surface area contributed by atoms with Gasteiger partial charge in [-0.05, 0) is 49.8 Å². The molecule has 0 aromatic heterocycles. The Morgan fingerprint density at radius 1 is 1.13 bits per heavy atom. The number of amides is 2. The van der Waals surface area contributed by atoms with Crippen LogP contribution >= 0.6 is 0 Å². The second-order valence-electron chi connectivity index (χ2n) is 5.83. The zero-order valence-corrected chi connectivity index (χ0v) is 13.7. The summed E-state index contributed by atoms with van der Waals surface area (Å²) in [6, 6.07) is 12.3. The van der Waals surface area contributed by atoms with Crippen LogP contribution in [0.25, 0.3) is 0 Å². The van der Waals surface area contributed by atoms with Gasteiger partial charge in [-0.2, -0.15) is 0 Å². The fraction of sp³-hybridized carbons (Fsp3) is 0.278. The highest BCUT2D eigenvalue weighted by Gasteiger charge is 2.05. The molecule has 0 aliphatic carbocycles. The molecule has 4 nitrogen and oxygen atoms in total. The van der Waals surface area contributed by atoms with Gasteiger partial charge in [-0.15, -0.1) is 0 Å². The third kappa shape index (κ3) is 5.38. The van der Waals surface area contributed by atoms with Gasteiger partial charge in [0.15, 0.2) is 0 Å². The van der Waals surface area contributed by atoms with Gasteiger partial charge in [-0.3, -0.25) is 0 Å². The molecule has 0 spiro atoms. The van der Waals surface area contributed by atoms with E-state index in [9.17, 15) is 9.18 Å². The number of hydrogen-bond acceptors (Lipinski definition) is 2. The van der Waals surface area contributed by atoms with E-state index in [1.54, 1.807) is 19.1 Å². The molecule has 122 valence electrons. The van der Waals surface area contributed by atoms with Crippen molar-refractivity contribution in [2.24, 2.45) is 0 Å². The molecule has 5 heteroatoms. The first-order valence-corrected chi connectivity index (χ1v) is 7.47. The maximum Gasteiger partial charge on any atom is 0.319 e. The molecule has 0 heterocycles. The number of nitrogens with one attached hydrogen (secondary N) is 2. The molecule has 23 heavy (non-hydrogen) atoms. The Morgan fingerprint density at radius 2 is 1.87 bits per heavy atom. The molecule has 2 N–H and O–H groups in total. The summed E-state index contributed by atoms with van der Waals surface area (Å²) < 4.78 is 13.5. The number of hydrogen-bond donors (Lipinski definition) is 2. The summed E-state index contributed by atoms with van der Waals surface area (Å²) in [4.78, 5) is 14.0. The molecule has 0 radical (unpaired) electrons. The Bertz CT molecular complexity index is 686. The lowest BCUT2D eigenvalue weighted by Crippen LogP contribution is -2.28. The molecule has 0 saturated heterocycles. The second kappa shape index (κ2) is 7.74. The SMILES string of the molecule is Cc1ccc(NC(=O)NCc2cccc(CN(C)C)c2)cc1F. The van der Waals surface area contributed by atoms with Crippen LogP contribution in [0, 0.1) is 12.7 Å². The maximum absolute atomic E-state index is 13.5. The van der Waals surface area contributed by atoms with E-state index in [-0.39, 0.29) is 11.8 Å². The van der Waals surface area contributed by atoms with Crippen LogP contribution in [-0.2, 0) is 13.1 Å². The van der Waals surface area contributed by atoms with Crippen LogP contribution in [0.4, 0.5) is 14.9 Å². The third-order valence-electron chi connectivity index (χ3n) is 3.37. The summed E-state index contributed by atoms with van der Waals surface area (Å²) in [5.41, 5.74) is 3.20. The number of urea groups is 1. The minimum absolute atomic E-state index is 0.334. The van der Waals surface area contributed by atoms with Crippen LogP contribution in [0.1, 0.15) is 16.7 Å². The monoisotopic (exact) mass is 315 g/mol. The van der Waals surface area contributed by atoms with Crippen LogP contribution in [0.3, 0.4) is 0 Å². The molecule has 0 aliphatic heterocycles. The highest BCUT2D eigenvalue weighted by Crippen LogP contribution is 2.13. The van der Waals surface area contributed by atoms with Gasteiger partial charge in [0.1, 0.15) is 5.82 Å². The highest BCUT2D eigenvalue weighted by molar-refractivity contribution is 5.89. The van der Waals surface area contributed by atoms with Gasteiger partial charge < -0.3 is 15.5 Å². The van der Waals surface area contributed by atoms with Crippen molar-refractivity contribution in [1.82, 2.24) is 10.2 Å². The van der Waals surface area contributed by atoms with E-state index < -0.39 is 0 Å². The van der Waals surface area contributed by atoms with E-state index in [2.05, 4.69) is 27.7 Å². The number of rotatable bonds is 5. The standard InChI is InChI=1S/C18H22FN3O/c1-13-7-8-16(10-17(13)19)21-18(23)20-11-14-5-4-6-15(9-14)12-22(2)3/h4-10H,11-12H2,1-3H3,(H2,20,21,23). The summed E-state index contributed by atoms with van der Waals surface area (Å²) in [5, 5.41) is 5.40. The molecule has 0 unspecified atom stereocenters. The van der Waals surface area contributed by atoms with Crippen molar-refractivity contribution in [3.8, 4) is 0 Å². The zero-order chi connectivity index (χ0) is 16.8. The van der Waals surface area contributed by atoms with Crippen LogP contribution in [0.15, 0.2) is 42.5 Å². The van der Waals surface area contributed by atoms with Crippen molar-refractivity contribution in [3.63, 3.8) is 0 Å². The number of nitrogens with zero attached hydrogens (tertiary/aromatic N) is 1. The van der Waals surface area contributed by atoms with E-state index in [1.807, 2.05) is 26.2 Å². The van der Waals surface area contributed by atoms with Gasteiger partial charge in [0.2, 0.25) is 0 Å². The first kappa shape index (κ1) is 17.0. The first-order valence-electron chi connectivity index (χ1n) is 7.47. The summed E-state index contributed by atoms with van der Waals surface area (Å²) >= 11 is 0. The summed E-state index contributed by atoms with van der Waals surface area (Å²) in [7, 11) is 4.03. The van der Waals surface area contributed by atoms with E-state index in [0.717, 1.165) is 12.1 Å². The van der Waals surface area contributed by atoms with Crippen LogP contribution < -0.4 is 10.6 Å². The number of halogens is 1. The van der Waals surface area contributed by atoms with Crippen molar-refractivity contribution in [3.05, 3.63) is 65.0 Å². The van der Waals surface area contributed by atoms with E-state index >= 15 is 0 Å². The van der Waals surface area contributed by atoms with Gasteiger partial charge >= 0.3 is 6.03 Å². The fourth-order valence-corrected chi connectivity index (χ4v) is 2.23. The second-order valence-corrected chi connectivity index (χ2v) is 5.83. The third-order valence-corrected chi connectivity index (χ3v) is 3.37. The Kier molecular flexibility index (Phi) is 5.71. The lowest BCUT2D eigenvalue weighted by Gasteiger charge is -2.12. The maximum atomic E-state index is 13.5. The molecule has 0 aliphatic rings. The van der Waals surface area contributed by atoms with Gasteiger partial charge in [0.25, 0.3) is 0 Å². The topological polar surface area (TPSA) is 44.4 Å². The molecule has 2 aromatic rings. The predicted octanol–water partition coefficient (Wildman–Crippen LogP) is 3.52. The van der Waals surface area contributed by atoms with E-state index in [1.165, 1.54) is 11.6 Å². The van der Waals surface area contributed by atoms with Crippen molar-refractivity contribution in [1.29, 1.82) is 0 Å². The lowest BCUT2D eigenvalue weighted by molar-refractivity contribution is 0.251. The van der Waals surface area contributed by atoms with Gasteiger partial charge in [-0.25, -0.2) is 9.18 Å². The highest BCUT2D eigenvalue weighted by atomic mass is 19.1. The molecule has 2 aromatic carbocycles. The number of aryl methyl sites for hydroxylation is 1. The Labute approximate surface area is 136 Å². The predicted molar refractivity (Wildman–Crippen MR) is 90.8 cm³/mol. The first-order chi connectivity index (χ1) is 10.9. The van der Waals surface area contributed by atoms with Crippen LogP contribution in [-0.4, -0.2) is 25.0 Å². The quantitative estimate of drug-likeness (QED) is 0.887. The Morgan fingerprint density at radius 3 is 2.57 bits per heavy atom. The minimum atomic E-state index is -0.355. The van der Waals surface area contributed by atoms with Gasteiger partial charge in [-0.1, -0.05) is 30.3 Å².